The molecule has 1 nitrogen and oxygen atoms in total. The van der Waals surface area contributed by atoms with Crippen LogP contribution < -0.4 is 0 Å². The quantitative estimate of drug-likeness (QED) is 0.598. The zero-order valence-electron chi connectivity index (χ0n) is 12.3. The van der Waals surface area contributed by atoms with Crippen LogP contribution >= 0.6 is 0 Å². The average molecular weight is 238 g/mol. The van der Waals surface area contributed by atoms with E-state index in [4.69, 9.17) is 0 Å². The highest BCUT2D eigenvalue weighted by molar-refractivity contribution is 5.11. The van der Waals surface area contributed by atoms with Crippen LogP contribution in [0.1, 0.15) is 66.7 Å². The molecule has 0 aromatic rings. The molecule has 1 heteroatoms. The fourth-order valence-corrected chi connectivity index (χ4v) is 2.13. The number of hydrogen-bond donors (Lipinski definition) is 1. The van der Waals surface area contributed by atoms with Crippen molar-refractivity contribution < 1.29 is 5.11 Å². The molecule has 0 saturated carbocycles. The minimum Gasteiger partial charge on any atom is -0.386 e. The monoisotopic (exact) mass is 238 g/mol. The minimum absolute atomic E-state index is 0.328. The largest absolute Gasteiger partial charge is 0.386 e. The summed E-state index contributed by atoms with van der Waals surface area (Å²) in [4.78, 5) is 0. The van der Waals surface area contributed by atoms with Crippen LogP contribution in [0.2, 0.25) is 0 Å². The molecule has 0 radical (unpaired) electrons. The second kappa shape index (κ2) is 7.00. The molecule has 0 aliphatic heterocycles. The fraction of sp³-hybridized carbons (Fsp3) is 0.750. The molecule has 0 saturated heterocycles. The van der Waals surface area contributed by atoms with Crippen molar-refractivity contribution in [2.24, 2.45) is 5.41 Å². The fourth-order valence-electron chi connectivity index (χ4n) is 2.13. The standard InChI is InChI=1S/C16H30O/c1-7-12-15(5,8-2)14(4)11-10-13-16(6,17)9-3/h9,11,17H,3,7-8,10,12-13H2,1-2,4-6H3/b14-11+. The molecule has 100 valence electrons. The Kier molecular flexibility index (Phi) is 6.77. The molecule has 0 spiro atoms. The first-order valence-electron chi connectivity index (χ1n) is 6.84. The van der Waals surface area contributed by atoms with Gasteiger partial charge in [-0.25, -0.2) is 0 Å². The van der Waals surface area contributed by atoms with Crippen molar-refractivity contribution >= 4 is 0 Å². The molecule has 0 aromatic heterocycles. The highest BCUT2D eigenvalue weighted by Crippen LogP contribution is 2.35. The van der Waals surface area contributed by atoms with Crippen molar-refractivity contribution in [2.45, 2.75) is 72.3 Å². The SMILES string of the molecule is C=CC(C)(O)CC/C=C(\C)C(C)(CC)CCC. The van der Waals surface area contributed by atoms with Gasteiger partial charge in [-0.2, -0.15) is 0 Å². The Hall–Kier alpha value is -0.560. The van der Waals surface area contributed by atoms with Gasteiger partial charge in [0, 0.05) is 0 Å². The molecule has 0 rings (SSSR count). The lowest BCUT2D eigenvalue weighted by atomic mass is 9.76. The normalized spacial score (nSPS) is 19.5. The second-order valence-corrected chi connectivity index (χ2v) is 5.65. The van der Waals surface area contributed by atoms with E-state index in [1.165, 1.54) is 24.8 Å². The second-order valence-electron chi connectivity index (χ2n) is 5.65. The molecule has 0 aliphatic carbocycles. The van der Waals surface area contributed by atoms with Crippen molar-refractivity contribution in [1.82, 2.24) is 0 Å². The molecule has 0 aliphatic rings. The Morgan fingerprint density at radius 3 is 2.24 bits per heavy atom. The van der Waals surface area contributed by atoms with Crippen LogP contribution in [0.25, 0.3) is 0 Å². The van der Waals surface area contributed by atoms with Gasteiger partial charge in [0.2, 0.25) is 0 Å². The maximum absolute atomic E-state index is 9.85. The zero-order chi connectivity index (χ0) is 13.5. The van der Waals surface area contributed by atoms with E-state index in [9.17, 15) is 5.11 Å². The van der Waals surface area contributed by atoms with Gasteiger partial charge in [-0.3, -0.25) is 0 Å². The summed E-state index contributed by atoms with van der Waals surface area (Å²) in [5, 5.41) is 9.85. The van der Waals surface area contributed by atoms with E-state index < -0.39 is 5.60 Å². The van der Waals surface area contributed by atoms with Crippen LogP contribution in [0.5, 0.6) is 0 Å². The first kappa shape index (κ1) is 16.4. The van der Waals surface area contributed by atoms with Gasteiger partial charge in [-0.05, 0) is 44.9 Å². The summed E-state index contributed by atoms with van der Waals surface area (Å²) in [5.74, 6) is 0. The molecule has 0 amide bonds. The van der Waals surface area contributed by atoms with Crippen LogP contribution in [0, 0.1) is 5.41 Å². The zero-order valence-corrected chi connectivity index (χ0v) is 12.3. The Balaban J connectivity index is 4.47. The van der Waals surface area contributed by atoms with Crippen LogP contribution in [0.4, 0.5) is 0 Å². The first-order chi connectivity index (χ1) is 7.81. The van der Waals surface area contributed by atoms with Gasteiger partial charge in [0.05, 0.1) is 5.60 Å². The Labute approximate surface area is 108 Å². The lowest BCUT2D eigenvalue weighted by molar-refractivity contribution is 0.103. The van der Waals surface area contributed by atoms with Gasteiger partial charge in [-0.1, -0.05) is 44.9 Å². The Bertz CT molecular complexity index is 263. The highest BCUT2D eigenvalue weighted by atomic mass is 16.3. The number of hydrogen-bond acceptors (Lipinski definition) is 1. The molecular weight excluding hydrogens is 208 g/mol. The summed E-state index contributed by atoms with van der Waals surface area (Å²) in [7, 11) is 0. The molecule has 0 aromatic carbocycles. The number of aliphatic hydroxyl groups is 1. The molecule has 0 fully saturated rings. The molecule has 1 N–H and O–H groups in total. The van der Waals surface area contributed by atoms with Gasteiger partial charge >= 0.3 is 0 Å². The minimum atomic E-state index is -0.732. The van der Waals surface area contributed by atoms with Gasteiger partial charge < -0.3 is 5.11 Å². The van der Waals surface area contributed by atoms with Crippen molar-refractivity contribution in [3.05, 3.63) is 24.3 Å². The maximum atomic E-state index is 9.85. The van der Waals surface area contributed by atoms with Crippen molar-refractivity contribution in [3.63, 3.8) is 0 Å². The van der Waals surface area contributed by atoms with Gasteiger partial charge in [0.15, 0.2) is 0 Å². The molecule has 2 atom stereocenters. The van der Waals surface area contributed by atoms with E-state index in [0.717, 1.165) is 12.8 Å². The third-order valence-corrected chi connectivity index (χ3v) is 4.07. The van der Waals surface area contributed by atoms with Crippen molar-refractivity contribution in [1.29, 1.82) is 0 Å². The van der Waals surface area contributed by atoms with E-state index in [0.29, 0.717) is 5.41 Å². The number of allylic oxidation sites excluding steroid dienone is 2. The smallest absolute Gasteiger partial charge is 0.0800 e. The number of rotatable bonds is 8. The van der Waals surface area contributed by atoms with Gasteiger partial charge in [-0.15, -0.1) is 6.58 Å². The molecular formula is C16H30O. The summed E-state index contributed by atoms with van der Waals surface area (Å²) >= 11 is 0. The first-order valence-corrected chi connectivity index (χ1v) is 6.84. The van der Waals surface area contributed by atoms with Gasteiger partial charge in [0.1, 0.15) is 0 Å². The Morgan fingerprint density at radius 1 is 1.24 bits per heavy atom. The van der Waals surface area contributed by atoms with E-state index in [-0.39, 0.29) is 0 Å². The molecule has 0 heterocycles. The van der Waals surface area contributed by atoms with E-state index in [1.807, 2.05) is 6.92 Å². The van der Waals surface area contributed by atoms with Gasteiger partial charge in [0.25, 0.3) is 0 Å². The van der Waals surface area contributed by atoms with Crippen LogP contribution in [-0.2, 0) is 0 Å². The summed E-state index contributed by atoms with van der Waals surface area (Å²) < 4.78 is 0. The lowest BCUT2D eigenvalue weighted by Gasteiger charge is -2.29. The summed E-state index contributed by atoms with van der Waals surface area (Å²) in [6.45, 7) is 14.5. The molecule has 17 heavy (non-hydrogen) atoms. The van der Waals surface area contributed by atoms with Crippen LogP contribution in [-0.4, -0.2) is 10.7 Å². The summed E-state index contributed by atoms with van der Waals surface area (Å²) in [6, 6.07) is 0. The third kappa shape index (κ3) is 5.54. The topological polar surface area (TPSA) is 20.2 Å². The maximum Gasteiger partial charge on any atom is 0.0800 e. The third-order valence-electron chi connectivity index (χ3n) is 4.07. The summed E-state index contributed by atoms with van der Waals surface area (Å²) in [5.41, 5.74) is 1.06. The lowest BCUT2D eigenvalue weighted by Crippen LogP contribution is -2.20. The predicted octanol–water partition coefficient (Wildman–Crippen LogP) is 4.87. The molecule has 2 unspecified atom stereocenters. The van der Waals surface area contributed by atoms with E-state index >= 15 is 0 Å². The summed E-state index contributed by atoms with van der Waals surface area (Å²) in [6.07, 6.45) is 9.23. The Morgan fingerprint density at radius 2 is 1.82 bits per heavy atom. The highest BCUT2D eigenvalue weighted by Gasteiger charge is 2.23. The van der Waals surface area contributed by atoms with Crippen LogP contribution in [0.3, 0.4) is 0 Å². The van der Waals surface area contributed by atoms with E-state index in [1.54, 1.807) is 6.08 Å². The molecule has 0 bridgehead atoms. The van der Waals surface area contributed by atoms with Crippen molar-refractivity contribution in [3.8, 4) is 0 Å². The van der Waals surface area contributed by atoms with E-state index in [2.05, 4.69) is 40.3 Å². The van der Waals surface area contributed by atoms with Crippen molar-refractivity contribution in [2.75, 3.05) is 0 Å². The predicted molar refractivity (Wildman–Crippen MR) is 77.1 cm³/mol. The van der Waals surface area contributed by atoms with Crippen LogP contribution in [0.15, 0.2) is 24.3 Å². The average Bonchev–Trinajstić information content (AvgIpc) is 2.28.